The van der Waals surface area contributed by atoms with Gasteiger partial charge in [-0.3, -0.25) is 9.59 Å². The molecule has 0 atom stereocenters. The highest BCUT2D eigenvalue weighted by Gasteiger charge is 2.43. The predicted octanol–water partition coefficient (Wildman–Crippen LogP) is 0.513. The second-order valence-electron chi connectivity index (χ2n) is 4.89. The smallest absolute Gasteiger partial charge is 0.356 e. The lowest BCUT2D eigenvalue weighted by atomic mass is 9.96. The third-order valence-electron chi connectivity index (χ3n) is 3.33. The molecule has 2 N–H and O–H groups in total. The summed E-state index contributed by atoms with van der Waals surface area (Å²) in [6, 6.07) is 0. The van der Waals surface area contributed by atoms with Crippen molar-refractivity contribution >= 4 is 11.8 Å². The number of carbonyl (C=O) groups is 2. The van der Waals surface area contributed by atoms with E-state index in [0.717, 1.165) is 4.90 Å². The van der Waals surface area contributed by atoms with Gasteiger partial charge in [0.1, 0.15) is 0 Å². The van der Waals surface area contributed by atoms with Gasteiger partial charge in [-0.05, 0) is 25.8 Å². The molecule has 1 saturated heterocycles. The van der Waals surface area contributed by atoms with Crippen molar-refractivity contribution < 1.29 is 22.8 Å². The Kier molecular flexibility index (Phi) is 6.25. The number of rotatable bonds is 5. The molecule has 0 bridgehead atoms. The van der Waals surface area contributed by atoms with E-state index in [1.54, 1.807) is 7.05 Å². The van der Waals surface area contributed by atoms with E-state index in [4.69, 9.17) is 0 Å². The van der Waals surface area contributed by atoms with E-state index in [1.807, 2.05) is 0 Å². The summed E-state index contributed by atoms with van der Waals surface area (Å²) in [6.45, 7) is 1.23. The minimum Gasteiger partial charge on any atom is -0.356 e. The average Bonchev–Trinajstić information content (AvgIpc) is 2.41. The largest absolute Gasteiger partial charge is 0.471 e. The Hall–Kier alpha value is -1.31. The fourth-order valence-electron chi connectivity index (χ4n) is 2.10. The van der Waals surface area contributed by atoms with Gasteiger partial charge < -0.3 is 15.5 Å². The average molecular weight is 295 g/mol. The molecule has 1 heterocycles. The van der Waals surface area contributed by atoms with Crippen molar-refractivity contribution in [3.8, 4) is 0 Å². The summed E-state index contributed by atoms with van der Waals surface area (Å²) in [4.78, 5) is 23.3. The van der Waals surface area contributed by atoms with E-state index >= 15 is 0 Å². The molecule has 0 aromatic carbocycles. The molecule has 0 spiro atoms. The fraction of sp³-hybridized carbons (Fsp3) is 0.833. The van der Waals surface area contributed by atoms with Gasteiger partial charge in [0.05, 0.1) is 0 Å². The molecule has 0 radical (unpaired) electrons. The first-order chi connectivity index (χ1) is 9.34. The van der Waals surface area contributed by atoms with Gasteiger partial charge in [0.2, 0.25) is 5.91 Å². The molecule has 1 aliphatic rings. The highest BCUT2D eigenvalue weighted by atomic mass is 19.4. The van der Waals surface area contributed by atoms with E-state index in [0.29, 0.717) is 32.4 Å². The van der Waals surface area contributed by atoms with Crippen molar-refractivity contribution in [3.63, 3.8) is 0 Å². The highest BCUT2D eigenvalue weighted by Crippen LogP contribution is 2.23. The zero-order chi connectivity index (χ0) is 15.2. The predicted molar refractivity (Wildman–Crippen MR) is 66.9 cm³/mol. The first-order valence-corrected chi connectivity index (χ1v) is 6.62. The molecule has 0 unspecified atom stereocenters. The molecular formula is C12H20F3N3O2. The number of hydrogen-bond acceptors (Lipinski definition) is 3. The Morgan fingerprint density at radius 1 is 1.25 bits per heavy atom. The maximum Gasteiger partial charge on any atom is 0.471 e. The van der Waals surface area contributed by atoms with Crippen LogP contribution in [0.1, 0.15) is 19.3 Å². The number of piperidine rings is 1. The van der Waals surface area contributed by atoms with E-state index < -0.39 is 12.1 Å². The summed E-state index contributed by atoms with van der Waals surface area (Å²) < 4.78 is 36.7. The Bertz CT molecular complexity index is 339. The highest BCUT2D eigenvalue weighted by molar-refractivity contribution is 5.81. The normalized spacial score (nSPS) is 17.1. The van der Waals surface area contributed by atoms with Gasteiger partial charge in [0, 0.05) is 32.6 Å². The molecule has 1 aliphatic heterocycles. The summed E-state index contributed by atoms with van der Waals surface area (Å²) in [6.07, 6.45) is -3.46. The zero-order valence-electron chi connectivity index (χ0n) is 11.4. The minimum absolute atomic E-state index is 0.0758. The van der Waals surface area contributed by atoms with E-state index in [2.05, 4.69) is 10.6 Å². The van der Waals surface area contributed by atoms with Crippen LogP contribution in [0.15, 0.2) is 0 Å². The molecule has 0 aromatic heterocycles. The zero-order valence-corrected chi connectivity index (χ0v) is 11.4. The summed E-state index contributed by atoms with van der Waals surface area (Å²) in [5.41, 5.74) is 0. The molecule has 1 rings (SSSR count). The van der Waals surface area contributed by atoms with Crippen LogP contribution < -0.4 is 10.6 Å². The van der Waals surface area contributed by atoms with Crippen LogP contribution in [0.4, 0.5) is 13.2 Å². The molecule has 1 fully saturated rings. The first-order valence-electron chi connectivity index (χ1n) is 6.62. The van der Waals surface area contributed by atoms with Crippen LogP contribution >= 0.6 is 0 Å². The quantitative estimate of drug-likeness (QED) is 0.777. The molecule has 2 amide bonds. The Balaban J connectivity index is 2.26. The molecule has 8 heteroatoms. The molecular weight excluding hydrogens is 275 g/mol. The molecule has 116 valence electrons. The monoisotopic (exact) mass is 295 g/mol. The van der Waals surface area contributed by atoms with Crippen molar-refractivity contribution in [2.45, 2.75) is 25.4 Å². The number of amides is 2. The van der Waals surface area contributed by atoms with Crippen LogP contribution in [0.2, 0.25) is 0 Å². The van der Waals surface area contributed by atoms with Crippen LogP contribution in [0.25, 0.3) is 0 Å². The molecule has 0 aromatic rings. The second kappa shape index (κ2) is 7.47. The summed E-state index contributed by atoms with van der Waals surface area (Å²) in [5.74, 6) is -1.71. The van der Waals surface area contributed by atoms with Gasteiger partial charge in [0.15, 0.2) is 0 Å². The second-order valence-corrected chi connectivity index (χ2v) is 4.89. The van der Waals surface area contributed by atoms with Crippen molar-refractivity contribution in [2.24, 2.45) is 5.92 Å². The lowest BCUT2D eigenvalue weighted by Gasteiger charge is -2.32. The van der Waals surface area contributed by atoms with E-state index in [9.17, 15) is 22.8 Å². The molecule has 20 heavy (non-hydrogen) atoms. The summed E-state index contributed by atoms with van der Waals surface area (Å²) >= 11 is 0. The van der Waals surface area contributed by atoms with Crippen LogP contribution in [-0.4, -0.2) is 56.1 Å². The van der Waals surface area contributed by atoms with Crippen LogP contribution in [0, 0.1) is 5.92 Å². The fourth-order valence-corrected chi connectivity index (χ4v) is 2.10. The summed E-state index contributed by atoms with van der Waals surface area (Å²) in [5, 5.41) is 5.61. The van der Waals surface area contributed by atoms with Gasteiger partial charge >= 0.3 is 12.1 Å². The maximum absolute atomic E-state index is 12.2. The number of alkyl halides is 3. The topological polar surface area (TPSA) is 61.4 Å². The number of halogens is 3. The standard InChI is InChI=1S/C12H20F3N3O2/c1-16-5-2-10(19)17-8-9-3-6-18(7-4-9)11(20)12(13,14)15/h9,16H,2-8H2,1H3,(H,17,19). The number of nitrogens with one attached hydrogen (secondary N) is 2. The number of hydrogen-bond donors (Lipinski definition) is 2. The van der Waals surface area contributed by atoms with Crippen LogP contribution in [-0.2, 0) is 9.59 Å². The Morgan fingerprint density at radius 3 is 2.35 bits per heavy atom. The lowest BCUT2D eigenvalue weighted by Crippen LogP contribution is -2.46. The molecule has 5 nitrogen and oxygen atoms in total. The molecule has 0 saturated carbocycles. The number of likely N-dealkylation sites (tertiary alicyclic amines) is 1. The van der Waals surface area contributed by atoms with Crippen molar-refractivity contribution in [2.75, 3.05) is 33.2 Å². The Morgan fingerprint density at radius 2 is 1.85 bits per heavy atom. The SMILES string of the molecule is CNCCC(=O)NCC1CCN(C(=O)C(F)(F)F)CC1. The van der Waals surface area contributed by atoms with Gasteiger partial charge in [-0.25, -0.2) is 0 Å². The minimum atomic E-state index is -4.80. The van der Waals surface area contributed by atoms with Crippen molar-refractivity contribution in [1.29, 1.82) is 0 Å². The number of carbonyl (C=O) groups excluding carboxylic acids is 2. The van der Waals surface area contributed by atoms with Gasteiger partial charge in [-0.1, -0.05) is 0 Å². The van der Waals surface area contributed by atoms with E-state index in [1.165, 1.54) is 0 Å². The van der Waals surface area contributed by atoms with Crippen LogP contribution in [0.5, 0.6) is 0 Å². The first kappa shape index (κ1) is 16.7. The Labute approximate surface area is 115 Å². The third-order valence-corrected chi connectivity index (χ3v) is 3.33. The van der Waals surface area contributed by atoms with Crippen molar-refractivity contribution in [3.05, 3.63) is 0 Å². The van der Waals surface area contributed by atoms with E-state index in [-0.39, 0.29) is 24.9 Å². The van der Waals surface area contributed by atoms with Crippen LogP contribution in [0.3, 0.4) is 0 Å². The van der Waals surface area contributed by atoms with Gasteiger partial charge in [-0.2, -0.15) is 13.2 Å². The van der Waals surface area contributed by atoms with Gasteiger partial charge in [0.25, 0.3) is 0 Å². The maximum atomic E-state index is 12.2. The van der Waals surface area contributed by atoms with Crippen molar-refractivity contribution in [1.82, 2.24) is 15.5 Å². The molecule has 0 aliphatic carbocycles. The summed E-state index contributed by atoms with van der Waals surface area (Å²) in [7, 11) is 1.75. The number of nitrogens with zero attached hydrogens (tertiary/aromatic N) is 1. The lowest BCUT2D eigenvalue weighted by molar-refractivity contribution is -0.186. The third kappa shape index (κ3) is 5.36. The van der Waals surface area contributed by atoms with Gasteiger partial charge in [-0.15, -0.1) is 0 Å².